The number of carbonyl (C=O) groups is 1. The molecular formula is C11H14N2O3. The second-order valence-electron chi connectivity index (χ2n) is 4.11. The highest BCUT2D eigenvalue weighted by molar-refractivity contribution is 5.91. The summed E-state index contributed by atoms with van der Waals surface area (Å²) < 4.78 is 5.00. The van der Waals surface area contributed by atoms with Crippen molar-refractivity contribution in [1.29, 1.82) is 0 Å². The molecule has 1 unspecified atom stereocenters. The monoisotopic (exact) mass is 222 g/mol. The van der Waals surface area contributed by atoms with E-state index in [9.17, 15) is 9.90 Å². The van der Waals surface area contributed by atoms with Crippen molar-refractivity contribution in [1.82, 2.24) is 0 Å². The first kappa shape index (κ1) is 10.8. The third-order valence-corrected chi connectivity index (χ3v) is 2.78. The first-order valence-corrected chi connectivity index (χ1v) is 5.03. The molecule has 1 amide bonds. The van der Waals surface area contributed by atoms with Crippen molar-refractivity contribution in [2.45, 2.75) is 12.5 Å². The van der Waals surface area contributed by atoms with Crippen molar-refractivity contribution in [3.8, 4) is 5.75 Å². The molecule has 16 heavy (non-hydrogen) atoms. The number of hydrogen-bond acceptors (Lipinski definition) is 4. The standard InChI is InChI=1S/C11H14N2O3/c1-11(6-12)7-16-10(15)13(11)8-2-4-9(14)5-3-8/h2-5,14H,6-7,12H2,1H3. The number of benzene rings is 1. The topological polar surface area (TPSA) is 75.8 Å². The molecule has 0 radical (unpaired) electrons. The Kier molecular flexibility index (Phi) is 2.47. The molecule has 1 aliphatic rings. The minimum absolute atomic E-state index is 0.158. The lowest BCUT2D eigenvalue weighted by atomic mass is 10.0. The van der Waals surface area contributed by atoms with E-state index in [1.807, 2.05) is 6.92 Å². The molecule has 0 aromatic heterocycles. The maximum atomic E-state index is 11.6. The van der Waals surface area contributed by atoms with E-state index in [0.717, 1.165) is 0 Å². The van der Waals surface area contributed by atoms with E-state index in [-0.39, 0.29) is 12.4 Å². The van der Waals surface area contributed by atoms with Gasteiger partial charge >= 0.3 is 6.09 Å². The van der Waals surface area contributed by atoms with E-state index >= 15 is 0 Å². The Balaban J connectivity index is 2.37. The van der Waals surface area contributed by atoms with Gasteiger partial charge in [-0.05, 0) is 31.2 Å². The zero-order chi connectivity index (χ0) is 11.8. The van der Waals surface area contributed by atoms with Crippen LogP contribution < -0.4 is 10.6 Å². The van der Waals surface area contributed by atoms with Gasteiger partial charge in [0.1, 0.15) is 12.4 Å². The molecule has 1 aromatic carbocycles. The summed E-state index contributed by atoms with van der Waals surface area (Å²) in [4.78, 5) is 13.1. The molecule has 1 aliphatic heterocycles. The van der Waals surface area contributed by atoms with E-state index < -0.39 is 11.6 Å². The Morgan fingerprint density at radius 3 is 2.69 bits per heavy atom. The van der Waals surface area contributed by atoms with Crippen LogP contribution in [0.2, 0.25) is 0 Å². The van der Waals surface area contributed by atoms with Crippen LogP contribution in [0.5, 0.6) is 5.75 Å². The first-order chi connectivity index (χ1) is 7.57. The molecule has 5 nitrogen and oxygen atoms in total. The van der Waals surface area contributed by atoms with Crippen LogP contribution in [-0.2, 0) is 4.74 Å². The van der Waals surface area contributed by atoms with Gasteiger partial charge in [-0.15, -0.1) is 0 Å². The van der Waals surface area contributed by atoms with E-state index in [4.69, 9.17) is 10.5 Å². The van der Waals surface area contributed by atoms with Crippen molar-refractivity contribution in [2.24, 2.45) is 5.73 Å². The Morgan fingerprint density at radius 1 is 1.50 bits per heavy atom. The van der Waals surface area contributed by atoms with Gasteiger partial charge in [-0.3, -0.25) is 4.90 Å². The molecule has 1 saturated heterocycles. The fourth-order valence-corrected chi connectivity index (χ4v) is 1.74. The van der Waals surface area contributed by atoms with Crippen LogP contribution >= 0.6 is 0 Å². The number of ether oxygens (including phenoxy) is 1. The van der Waals surface area contributed by atoms with Crippen LogP contribution in [0.25, 0.3) is 0 Å². The van der Waals surface area contributed by atoms with Crippen LogP contribution in [-0.4, -0.2) is 29.9 Å². The SMILES string of the molecule is CC1(CN)COC(=O)N1c1ccc(O)cc1. The average molecular weight is 222 g/mol. The molecule has 0 spiro atoms. The van der Waals surface area contributed by atoms with Crippen molar-refractivity contribution in [2.75, 3.05) is 18.1 Å². The highest BCUT2D eigenvalue weighted by atomic mass is 16.6. The number of anilines is 1. The normalized spacial score (nSPS) is 24.6. The summed E-state index contributed by atoms with van der Waals surface area (Å²) in [7, 11) is 0. The number of nitrogens with zero attached hydrogens (tertiary/aromatic N) is 1. The van der Waals surface area contributed by atoms with Crippen LogP contribution in [0.1, 0.15) is 6.92 Å². The van der Waals surface area contributed by atoms with Crippen molar-refractivity contribution < 1.29 is 14.6 Å². The summed E-state index contributed by atoms with van der Waals surface area (Å²) in [6, 6.07) is 6.38. The van der Waals surface area contributed by atoms with Crippen LogP contribution in [0.4, 0.5) is 10.5 Å². The summed E-state index contributed by atoms with van der Waals surface area (Å²) >= 11 is 0. The predicted octanol–water partition coefficient (Wildman–Crippen LogP) is 1.07. The van der Waals surface area contributed by atoms with Crippen molar-refractivity contribution in [3.63, 3.8) is 0 Å². The number of cyclic esters (lactones) is 1. The highest BCUT2D eigenvalue weighted by Gasteiger charge is 2.43. The number of hydrogen-bond donors (Lipinski definition) is 2. The van der Waals surface area contributed by atoms with Gasteiger partial charge in [0, 0.05) is 12.2 Å². The second-order valence-corrected chi connectivity index (χ2v) is 4.11. The summed E-state index contributed by atoms with van der Waals surface area (Å²) in [6.07, 6.45) is -0.404. The van der Waals surface area contributed by atoms with Crippen LogP contribution in [0, 0.1) is 0 Å². The minimum Gasteiger partial charge on any atom is -0.508 e. The molecule has 1 fully saturated rings. The fraction of sp³-hybridized carbons (Fsp3) is 0.364. The van der Waals surface area contributed by atoms with Crippen LogP contribution in [0.3, 0.4) is 0 Å². The molecule has 1 atom stereocenters. The maximum absolute atomic E-state index is 11.6. The minimum atomic E-state index is -0.520. The maximum Gasteiger partial charge on any atom is 0.415 e. The Hall–Kier alpha value is -1.75. The summed E-state index contributed by atoms with van der Waals surface area (Å²) in [5.74, 6) is 0.158. The molecule has 86 valence electrons. The molecule has 0 bridgehead atoms. The summed E-state index contributed by atoms with van der Waals surface area (Å²) in [6.45, 7) is 2.47. The lowest BCUT2D eigenvalue weighted by molar-refractivity contribution is 0.174. The zero-order valence-electron chi connectivity index (χ0n) is 9.01. The highest BCUT2D eigenvalue weighted by Crippen LogP contribution is 2.30. The zero-order valence-corrected chi connectivity index (χ0v) is 9.01. The lowest BCUT2D eigenvalue weighted by Gasteiger charge is -2.30. The number of aromatic hydroxyl groups is 1. The Morgan fingerprint density at radius 2 is 2.12 bits per heavy atom. The van der Waals surface area contributed by atoms with Crippen molar-refractivity contribution in [3.05, 3.63) is 24.3 Å². The molecule has 0 saturated carbocycles. The number of phenolic OH excluding ortho intramolecular Hbond substituents is 1. The third kappa shape index (κ3) is 1.59. The van der Waals surface area contributed by atoms with E-state index in [0.29, 0.717) is 12.2 Å². The van der Waals surface area contributed by atoms with E-state index in [1.165, 1.54) is 17.0 Å². The van der Waals surface area contributed by atoms with Crippen LogP contribution in [0.15, 0.2) is 24.3 Å². The molecule has 1 aromatic rings. The van der Waals surface area contributed by atoms with Gasteiger partial charge in [-0.25, -0.2) is 4.79 Å². The average Bonchev–Trinajstić information content (AvgIpc) is 2.58. The molecule has 5 heteroatoms. The second kappa shape index (κ2) is 3.68. The molecule has 2 rings (SSSR count). The number of carbonyl (C=O) groups excluding carboxylic acids is 1. The number of amides is 1. The fourth-order valence-electron chi connectivity index (χ4n) is 1.74. The Bertz CT molecular complexity index is 404. The number of rotatable bonds is 2. The molecular weight excluding hydrogens is 208 g/mol. The lowest BCUT2D eigenvalue weighted by Crippen LogP contribution is -2.50. The van der Waals surface area contributed by atoms with Gasteiger partial charge in [0.05, 0.1) is 5.54 Å². The summed E-state index contributed by atoms with van der Waals surface area (Å²) in [5.41, 5.74) is 5.82. The summed E-state index contributed by atoms with van der Waals surface area (Å²) in [5, 5.41) is 9.19. The predicted molar refractivity (Wildman–Crippen MR) is 59.4 cm³/mol. The van der Waals surface area contributed by atoms with Gasteiger partial charge in [0.2, 0.25) is 0 Å². The van der Waals surface area contributed by atoms with Crippen molar-refractivity contribution >= 4 is 11.8 Å². The third-order valence-electron chi connectivity index (χ3n) is 2.78. The number of phenols is 1. The van der Waals surface area contributed by atoms with Gasteiger partial charge in [0.25, 0.3) is 0 Å². The molecule has 0 aliphatic carbocycles. The van der Waals surface area contributed by atoms with Gasteiger partial charge in [0.15, 0.2) is 0 Å². The largest absolute Gasteiger partial charge is 0.508 e. The van der Waals surface area contributed by atoms with Gasteiger partial charge in [-0.1, -0.05) is 0 Å². The quantitative estimate of drug-likeness (QED) is 0.784. The van der Waals surface area contributed by atoms with E-state index in [2.05, 4.69) is 0 Å². The van der Waals surface area contributed by atoms with E-state index in [1.54, 1.807) is 12.1 Å². The smallest absolute Gasteiger partial charge is 0.415 e. The molecule has 3 N–H and O–H groups in total. The molecule has 1 heterocycles. The van der Waals surface area contributed by atoms with Gasteiger partial charge in [-0.2, -0.15) is 0 Å². The Labute approximate surface area is 93.4 Å². The van der Waals surface area contributed by atoms with Gasteiger partial charge < -0.3 is 15.6 Å². The number of nitrogens with two attached hydrogens (primary N) is 1. The first-order valence-electron chi connectivity index (χ1n) is 5.03.